The minimum absolute atomic E-state index is 0.0490. The fourth-order valence-corrected chi connectivity index (χ4v) is 5.95. The molecular weight excluding hydrogens is 308 g/mol. The van der Waals surface area contributed by atoms with Crippen molar-refractivity contribution in [3.8, 4) is 0 Å². The van der Waals surface area contributed by atoms with Gasteiger partial charge in [-0.25, -0.2) is 12.7 Å². The first kappa shape index (κ1) is 19.2. The molecule has 0 spiro atoms. The van der Waals surface area contributed by atoms with Gasteiger partial charge in [0.15, 0.2) is 0 Å². The van der Waals surface area contributed by atoms with Crippen LogP contribution in [0.4, 0.5) is 0 Å². The van der Waals surface area contributed by atoms with E-state index in [0.717, 1.165) is 32.2 Å². The second-order valence-corrected chi connectivity index (χ2v) is 11.7. The molecule has 0 saturated carbocycles. The van der Waals surface area contributed by atoms with E-state index in [0.29, 0.717) is 25.6 Å². The summed E-state index contributed by atoms with van der Waals surface area (Å²) < 4.78 is 27.9. The molecule has 23 heavy (non-hydrogen) atoms. The van der Waals surface area contributed by atoms with Crippen LogP contribution in [0.25, 0.3) is 0 Å². The highest BCUT2D eigenvalue weighted by Gasteiger charge is 2.40. The quantitative estimate of drug-likeness (QED) is 0.771. The van der Waals surface area contributed by atoms with Gasteiger partial charge in [0.05, 0.1) is 5.25 Å². The summed E-state index contributed by atoms with van der Waals surface area (Å²) in [7, 11) is -3.16. The number of rotatable bonds is 2. The zero-order chi connectivity index (χ0) is 17.5. The van der Waals surface area contributed by atoms with Crippen LogP contribution in [-0.2, 0) is 10.0 Å². The van der Waals surface area contributed by atoms with Gasteiger partial charge in [-0.15, -0.1) is 0 Å². The highest BCUT2D eigenvalue weighted by atomic mass is 32.2. The van der Waals surface area contributed by atoms with Crippen molar-refractivity contribution in [1.82, 2.24) is 9.21 Å². The highest BCUT2D eigenvalue weighted by Crippen LogP contribution is 2.36. The van der Waals surface area contributed by atoms with Crippen molar-refractivity contribution in [2.24, 2.45) is 11.3 Å². The van der Waals surface area contributed by atoms with Crippen molar-refractivity contribution in [3.63, 3.8) is 0 Å². The molecule has 0 N–H and O–H groups in total. The Morgan fingerprint density at radius 2 is 1.43 bits per heavy atom. The molecule has 0 bridgehead atoms. The van der Waals surface area contributed by atoms with E-state index < -0.39 is 10.0 Å². The van der Waals surface area contributed by atoms with Crippen LogP contribution in [0.1, 0.15) is 67.2 Å². The Balaban J connectivity index is 2.02. The summed E-state index contributed by atoms with van der Waals surface area (Å²) in [5.41, 5.74) is 0.330. The van der Waals surface area contributed by atoms with Gasteiger partial charge in [0.25, 0.3) is 0 Å². The zero-order valence-corrected chi connectivity index (χ0v) is 16.7. The van der Waals surface area contributed by atoms with E-state index in [1.54, 1.807) is 4.31 Å². The van der Waals surface area contributed by atoms with Crippen LogP contribution in [0.5, 0.6) is 0 Å². The number of hydrogen-bond donors (Lipinski definition) is 0. The molecule has 0 aliphatic carbocycles. The maximum Gasteiger partial charge on any atom is 0.218 e. The lowest BCUT2D eigenvalue weighted by Gasteiger charge is -2.44. The molecule has 0 aromatic carbocycles. The summed E-state index contributed by atoms with van der Waals surface area (Å²) in [4.78, 5) is 2.33. The summed E-state index contributed by atoms with van der Waals surface area (Å²) in [6.45, 7) is 16.4. The van der Waals surface area contributed by atoms with Crippen molar-refractivity contribution >= 4 is 10.0 Å². The van der Waals surface area contributed by atoms with E-state index >= 15 is 0 Å². The van der Waals surface area contributed by atoms with Crippen molar-refractivity contribution in [2.75, 3.05) is 26.2 Å². The lowest BCUT2D eigenvalue weighted by atomic mass is 9.76. The fourth-order valence-electron chi connectivity index (χ4n) is 3.98. The average molecular weight is 345 g/mol. The summed E-state index contributed by atoms with van der Waals surface area (Å²) in [5.74, 6) is 0.631. The minimum atomic E-state index is -3.16. The molecule has 2 fully saturated rings. The Morgan fingerprint density at radius 1 is 0.870 bits per heavy atom. The number of sulfonamides is 1. The van der Waals surface area contributed by atoms with Gasteiger partial charge in [0.2, 0.25) is 10.0 Å². The number of nitrogens with zero attached hydrogens (tertiary/aromatic N) is 2. The first-order valence-corrected chi connectivity index (χ1v) is 10.7. The topological polar surface area (TPSA) is 40.6 Å². The van der Waals surface area contributed by atoms with Crippen molar-refractivity contribution in [2.45, 2.75) is 78.0 Å². The Labute approximate surface area is 143 Å². The van der Waals surface area contributed by atoms with Gasteiger partial charge in [-0.3, -0.25) is 4.90 Å². The average Bonchev–Trinajstić information content (AvgIpc) is 2.46. The molecule has 4 nitrogen and oxygen atoms in total. The smallest absolute Gasteiger partial charge is 0.218 e. The normalized spacial score (nSPS) is 27.3. The Bertz CT molecular complexity index is 494. The van der Waals surface area contributed by atoms with Gasteiger partial charge in [0, 0.05) is 25.2 Å². The van der Waals surface area contributed by atoms with Crippen LogP contribution in [0.15, 0.2) is 0 Å². The summed E-state index contributed by atoms with van der Waals surface area (Å²) in [6, 6.07) is 0. The van der Waals surface area contributed by atoms with E-state index in [-0.39, 0.29) is 16.2 Å². The van der Waals surface area contributed by atoms with Gasteiger partial charge in [-0.05, 0) is 64.3 Å². The Morgan fingerprint density at radius 3 is 1.91 bits per heavy atom. The lowest BCUT2D eigenvalue weighted by molar-refractivity contribution is 0.109. The van der Waals surface area contributed by atoms with Gasteiger partial charge >= 0.3 is 0 Å². The lowest BCUT2D eigenvalue weighted by Crippen LogP contribution is -2.54. The molecule has 0 amide bonds. The molecule has 0 aromatic heterocycles. The van der Waals surface area contributed by atoms with E-state index in [9.17, 15) is 8.42 Å². The second-order valence-electron chi connectivity index (χ2n) is 9.47. The second kappa shape index (κ2) is 6.64. The predicted molar refractivity (Wildman–Crippen MR) is 97.0 cm³/mol. The number of hydrogen-bond acceptors (Lipinski definition) is 3. The maximum atomic E-state index is 13.1. The van der Waals surface area contributed by atoms with E-state index in [4.69, 9.17) is 0 Å². The van der Waals surface area contributed by atoms with Gasteiger partial charge in [0.1, 0.15) is 0 Å². The minimum Gasteiger partial charge on any atom is -0.297 e. The van der Waals surface area contributed by atoms with Crippen LogP contribution in [0.2, 0.25) is 0 Å². The third-order valence-corrected chi connectivity index (χ3v) is 8.10. The number of piperidine rings is 2. The van der Waals surface area contributed by atoms with Crippen molar-refractivity contribution in [3.05, 3.63) is 0 Å². The molecule has 1 atom stereocenters. The predicted octanol–water partition coefficient (Wildman–Crippen LogP) is 3.34. The van der Waals surface area contributed by atoms with Crippen LogP contribution in [-0.4, -0.2) is 54.6 Å². The van der Waals surface area contributed by atoms with Gasteiger partial charge < -0.3 is 0 Å². The van der Waals surface area contributed by atoms with Crippen LogP contribution >= 0.6 is 0 Å². The molecule has 0 radical (unpaired) electrons. The molecule has 2 aliphatic rings. The third kappa shape index (κ3) is 4.49. The molecule has 2 saturated heterocycles. The maximum absolute atomic E-state index is 13.1. The third-order valence-electron chi connectivity index (χ3n) is 5.79. The molecule has 2 rings (SSSR count). The highest BCUT2D eigenvalue weighted by molar-refractivity contribution is 7.89. The standard InChI is InChI=1S/C18H36N2O2S/c1-17(2,3)15-9-12-20(13-10-15)23(21,22)16-8-7-11-19(14-16)18(4,5)6/h15-16H,7-14H2,1-6H3. The van der Waals surface area contributed by atoms with Crippen LogP contribution < -0.4 is 0 Å². The first-order chi connectivity index (χ1) is 10.4. The SMILES string of the molecule is CC(C)(C)C1CCN(S(=O)(=O)C2CCCN(C(C)(C)C)C2)CC1. The molecule has 5 heteroatoms. The monoisotopic (exact) mass is 344 g/mol. The molecule has 136 valence electrons. The van der Waals surface area contributed by atoms with E-state index in [2.05, 4.69) is 46.4 Å². The first-order valence-electron chi connectivity index (χ1n) is 9.16. The zero-order valence-electron chi connectivity index (χ0n) is 15.9. The van der Waals surface area contributed by atoms with Gasteiger partial charge in [-0.1, -0.05) is 20.8 Å². The fraction of sp³-hybridized carbons (Fsp3) is 1.00. The largest absolute Gasteiger partial charge is 0.297 e. The molecule has 2 heterocycles. The number of likely N-dealkylation sites (tertiary alicyclic amines) is 1. The van der Waals surface area contributed by atoms with Crippen molar-refractivity contribution in [1.29, 1.82) is 0 Å². The van der Waals surface area contributed by atoms with Crippen LogP contribution in [0, 0.1) is 11.3 Å². The Hall–Kier alpha value is -0.130. The summed E-state index contributed by atoms with van der Waals surface area (Å²) in [5, 5.41) is -0.221. The molecule has 2 aliphatic heterocycles. The van der Waals surface area contributed by atoms with E-state index in [1.807, 2.05) is 0 Å². The molecule has 0 aromatic rings. The van der Waals surface area contributed by atoms with E-state index in [1.165, 1.54) is 0 Å². The Kier molecular flexibility index (Phi) is 5.54. The van der Waals surface area contributed by atoms with Crippen molar-refractivity contribution < 1.29 is 8.42 Å². The van der Waals surface area contributed by atoms with Gasteiger partial charge in [-0.2, -0.15) is 0 Å². The molecule has 1 unspecified atom stereocenters. The summed E-state index contributed by atoms with van der Waals surface area (Å²) >= 11 is 0. The molecular formula is C18H36N2O2S. The van der Waals surface area contributed by atoms with Crippen LogP contribution in [0.3, 0.4) is 0 Å². The summed E-state index contributed by atoms with van der Waals surface area (Å²) in [6.07, 6.45) is 3.80.